The minimum Gasteiger partial charge on any atom is -0.459 e. The van der Waals surface area contributed by atoms with E-state index in [-0.39, 0.29) is 23.0 Å². The molecule has 30 heavy (non-hydrogen) atoms. The minimum absolute atomic E-state index is 0.153. The normalized spacial score (nSPS) is 15.5. The molecule has 6 nitrogen and oxygen atoms in total. The van der Waals surface area contributed by atoms with Gasteiger partial charge in [-0.2, -0.15) is 0 Å². The molecule has 8 heteroatoms. The summed E-state index contributed by atoms with van der Waals surface area (Å²) in [5.74, 6) is -0.270. The molecule has 2 amide bonds. The van der Waals surface area contributed by atoms with Crippen LogP contribution in [0.4, 0.5) is 5.00 Å². The van der Waals surface area contributed by atoms with E-state index in [2.05, 4.69) is 38.7 Å². The van der Waals surface area contributed by atoms with E-state index >= 15 is 0 Å². The lowest BCUT2D eigenvalue weighted by Gasteiger charge is -2.38. The van der Waals surface area contributed by atoms with E-state index in [1.165, 1.54) is 23.2 Å². The van der Waals surface area contributed by atoms with Crippen molar-refractivity contribution in [2.24, 2.45) is 0 Å². The summed E-state index contributed by atoms with van der Waals surface area (Å²) in [4.78, 5) is 25.4. The van der Waals surface area contributed by atoms with Crippen LogP contribution in [0.25, 0.3) is 0 Å². The van der Waals surface area contributed by atoms with Crippen LogP contribution in [-0.2, 0) is 10.2 Å². The molecule has 0 saturated carbocycles. The Morgan fingerprint density at radius 1 is 1.07 bits per heavy atom. The molecule has 1 saturated heterocycles. The summed E-state index contributed by atoms with van der Waals surface area (Å²) in [5, 5.41) is 6.43. The van der Waals surface area contributed by atoms with E-state index in [0.717, 1.165) is 17.3 Å². The van der Waals surface area contributed by atoms with E-state index in [1.807, 2.05) is 12.1 Å². The van der Waals surface area contributed by atoms with Gasteiger partial charge in [0.2, 0.25) is 0 Å². The number of hydrogen-bond acceptors (Lipinski definition) is 5. The van der Waals surface area contributed by atoms with Crippen molar-refractivity contribution in [1.29, 1.82) is 0 Å². The van der Waals surface area contributed by atoms with Crippen LogP contribution >= 0.6 is 27.3 Å². The molecule has 3 heterocycles. The molecule has 1 fully saturated rings. The SMILES string of the molecule is O=C(Nc1ccc(C(=O)NCC2(c3cccc(Br)c3)CCOCC2)s1)c1ccco1. The maximum absolute atomic E-state index is 12.8. The Kier molecular flexibility index (Phi) is 6.36. The molecule has 0 spiro atoms. The van der Waals surface area contributed by atoms with E-state index in [0.29, 0.717) is 29.6 Å². The highest BCUT2D eigenvalue weighted by Gasteiger charge is 2.35. The van der Waals surface area contributed by atoms with Gasteiger partial charge in [0, 0.05) is 29.6 Å². The summed E-state index contributed by atoms with van der Waals surface area (Å²) < 4.78 is 11.7. The van der Waals surface area contributed by atoms with Crippen LogP contribution in [0, 0.1) is 0 Å². The van der Waals surface area contributed by atoms with Crippen LogP contribution < -0.4 is 10.6 Å². The second-order valence-electron chi connectivity index (χ2n) is 7.18. The van der Waals surface area contributed by atoms with Gasteiger partial charge in [0.25, 0.3) is 11.8 Å². The second-order valence-corrected chi connectivity index (χ2v) is 9.18. The molecule has 0 radical (unpaired) electrons. The number of halogens is 1. The average Bonchev–Trinajstić information content (AvgIpc) is 3.45. The van der Waals surface area contributed by atoms with Crippen LogP contribution in [-0.4, -0.2) is 31.6 Å². The fraction of sp³-hybridized carbons (Fsp3) is 0.273. The van der Waals surface area contributed by atoms with E-state index in [1.54, 1.807) is 24.3 Å². The van der Waals surface area contributed by atoms with Crippen molar-refractivity contribution in [2.45, 2.75) is 18.3 Å². The molecule has 1 aliphatic rings. The highest BCUT2D eigenvalue weighted by atomic mass is 79.9. The minimum atomic E-state index is -0.343. The van der Waals surface area contributed by atoms with Crippen molar-refractivity contribution >= 4 is 44.1 Å². The maximum Gasteiger partial charge on any atom is 0.291 e. The van der Waals surface area contributed by atoms with Gasteiger partial charge in [0.15, 0.2) is 5.76 Å². The molecule has 0 aliphatic carbocycles. The molecule has 3 aromatic rings. The first-order chi connectivity index (χ1) is 14.6. The van der Waals surface area contributed by atoms with Crippen LogP contribution in [0.5, 0.6) is 0 Å². The second kappa shape index (κ2) is 9.16. The first-order valence-electron chi connectivity index (χ1n) is 9.62. The summed E-state index contributed by atoms with van der Waals surface area (Å²) >= 11 is 4.78. The molecule has 1 aromatic carbocycles. The number of hydrogen-bond donors (Lipinski definition) is 2. The summed E-state index contributed by atoms with van der Waals surface area (Å²) in [6, 6.07) is 14.9. The first-order valence-corrected chi connectivity index (χ1v) is 11.2. The highest BCUT2D eigenvalue weighted by Crippen LogP contribution is 2.35. The van der Waals surface area contributed by atoms with E-state index in [9.17, 15) is 9.59 Å². The van der Waals surface area contributed by atoms with Gasteiger partial charge in [-0.1, -0.05) is 28.1 Å². The third kappa shape index (κ3) is 4.66. The number of furan rings is 1. The van der Waals surface area contributed by atoms with Crippen LogP contribution in [0.3, 0.4) is 0 Å². The number of rotatable bonds is 6. The molecular weight excluding hydrogens is 468 g/mol. The zero-order valence-corrected chi connectivity index (χ0v) is 18.6. The number of carbonyl (C=O) groups excluding carboxylic acids is 2. The van der Waals surface area contributed by atoms with E-state index < -0.39 is 0 Å². The molecule has 1 aliphatic heterocycles. The summed E-state index contributed by atoms with van der Waals surface area (Å²) in [6.45, 7) is 1.87. The van der Waals surface area contributed by atoms with Gasteiger partial charge in [-0.15, -0.1) is 11.3 Å². The third-order valence-corrected chi connectivity index (χ3v) is 6.78. The maximum atomic E-state index is 12.8. The number of amides is 2. The van der Waals surface area contributed by atoms with Gasteiger partial charge >= 0.3 is 0 Å². The smallest absolute Gasteiger partial charge is 0.291 e. The largest absolute Gasteiger partial charge is 0.459 e. The summed E-state index contributed by atoms with van der Waals surface area (Å²) in [7, 11) is 0. The Bertz CT molecular complexity index is 1030. The molecule has 2 aromatic heterocycles. The standard InChI is InChI=1S/C22H21BrN2O4S/c23-16-4-1-3-15(13-16)22(8-11-28-12-9-22)14-24-21(27)18-6-7-19(30-18)25-20(26)17-5-2-10-29-17/h1-7,10,13H,8-9,11-12,14H2,(H,24,27)(H,25,26). The quantitative estimate of drug-likeness (QED) is 0.520. The number of ether oxygens (including phenoxy) is 1. The summed E-state index contributed by atoms with van der Waals surface area (Å²) in [5.41, 5.74) is 1.03. The van der Waals surface area contributed by atoms with Crippen molar-refractivity contribution in [3.05, 3.63) is 75.5 Å². The van der Waals surface area contributed by atoms with Gasteiger partial charge < -0.3 is 19.8 Å². The Morgan fingerprint density at radius 2 is 1.90 bits per heavy atom. The van der Waals surface area contributed by atoms with Crippen LogP contribution in [0.1, 0.15) is 38.6 Å². The first kappa shape index (κ1) is 20.8. The van der Waals surface area contributed by atoms with Crippen molar-refractivity contribution < 1.29 is 18.7 Å². The lowest BCUT2D eigenvalue weighted by Crippen LogP contribution is -2.44. The van der Waals surface area contributed by atoms with Gasteiger partial charge in [0.1, 0.15) is 0 Å². The number of carbonyl (C=O) groups is 2. The van der Waals surface area contributed by atoms with Gasteiger partial charge in [-0.05, 0) is 54.8 Å². The fourth-order valence-corrected chi connectivity index (χ4v) is 4.81. The van der Waals surface area contributed by atoms with Crippen molar-refractivity contribution in [2.75, 3.05) is 25.1 Å². The molecule has 156 valence electrons. The lowest BCUT2D eigenvalue weighted by atomic mass is 9.74. The van der Waals surface area contributed by atoms with Gasteiger partial charge in [0.05, 0.1) is 16.1 Å². The molecule has 0 bridgehead atoms. The van der Waals surface area contributed by atoms with Crippen LogP contribution in [0.2, 0.25) is 0 Å². The number of benzene rings is 1. The number of thiophene rings is 1. The summed E-state index contributed by atoms with van der Waals surface area (Å²) in [6.07, 6.45) is 3.14. The van der Waals surface area contributed by atoms with Gasteiger partial charge in [-0.3, -0.25) is 9.59 Å². The number of anilines is 1. The van der Waals surface area contributed by atoms with Crippen molar-refractivity contribution in [3.8, 4) is 0 Å². The van der Waals surface area contributed by atoms with E-state index in [4.69, 9.17) is 9.15 Å². The highest BCUT2D eigenvalue weighted by molar-refractivity contribution is 9.10. The Morgan fingerprint density at radius 3 is 2.63 bits per heavy atom. The van der Waals surface area contributed by atoms with Crippen molar-refractivity contribution in [1.82, 2.24) is 5.32 Å². The fourth-order valence-electron chi connectivity index (χ4n) is 3.59. The van der Waals surface area contributed by atoms with Crippen molar-refractivity contribution in [3.63, 3.8) is 0 Å². The third-order valence-electron chi connectivity index (χ3n) is 5.29. The topological polar surface area (TPSA) is 80.6 Å². The average molecular weight is 489 g/mol. The predicted octanol–water partition coefficient (Wildman–Crippen LogP) is 4.83. The number of nitrogens with one attached hydrogen (secondary N) is 2. The molecule has 0 unspecified atom stereocenters. The Labute approximate surface area is 186 Å². The predicted molar refractivity (Wildman–Crippen MR) is 119 cm³/mol. The zero-order chi connectivity index (χ0) is 21.0. The lowest BCUT2D eigenvalue weighted by molar-refractivity contribution is 0.0487. The van der Waals surface area contributed by atoms with Gasteiger partial charge in [-0.25, -0.2) is 0 Å². The molecule has 0 atom stereocenters. The molecule has 2 N–H and O–H groups in total. The van der Waals surface area contributed by atoms with Crippen LogP contribution in [0.15, 0.2) is 63.7 Å². The Hall–Kier alpha value is -2.42. The molecular formula is C22H21BrN2O4S. The monoisotopic (exact) mass is 488 g/mol. The molecule has 4 rings (SSSR count). The zero-order valence-electron chi connectivity index (χ0n) is 16.2. The Balaban J connectivity index is 1.43.